The molecule has 2 heterocycles. The minimum absolute atomic E-state index is 0.209. The van der Waals surface area contributed by atoms with Gasteiger partial charge in [0.15, 0.2) is 0 Å². The number of aromatic nitrogens is 2. The van der Waals surface area contributed by atoms with E-state index in [0.717, 1.165) is 60.8 Å². The van der Waals surface area contributed by atoms with Gasteiger partial charge in [-0.25, -0.2) is 4.98 Å². The number of nitrogens with zero attached hydrogens (tertiary/aromatic N) is 3. The van der Waals surface area contributed by atoms with Gasteiger partial charge in [-0.3, -0.25) is 0 Å². The number of methoxy groups -OCH3 is 1. The smallest absolute Gasteiger partial charge is 0.222 e. The Labute approximate surface area is 148 Å². The van der Waals surface area contributed by atoms with E-state index >= 15 is 0 Å². The lowest BCUT2D eigenvalue weighted by molar-refractivity contribution is 0.195. The number of fused-ring (bicyclic) bond motifs is 1. The Balaban J connectivity index is 1.99. The molecule has 0 spiro atoms. The standard InChI is InChI=1S/C18H25N5O2/c1-3-13-16(17(19)22-18(20)21-13)12-5-6-15-14(11-12)23(8-10-25-15)7-4-9-24-2/h5-6,11H,3-4,7-10H2,1-2H3,(H4,19,20,21,22). The second kappa shape index (κ2) is 7.57. The van der Waals surface area contributed by atoms with Crippen LogP contribution in [0.1, 0.15) is 19.0 Å². The summed E-state index contributed by atoms with van der Waals surface area (Å²) in [6.07, 6.45) is 1.70. The van der Waals surface area contributed by atoms with Gasteiger partial charge < -0.3 is 25.8 Å². The summed E-state index contributed by atoms with van der Waals surface area (Å²) >= 11 is 0. The molecule has 1 aliphatic rings. The fourth-order valence-corrected chi connectivity index (χ4v) is 3.18. The minimum atomic E-state index is 0.209. The highest BCUT2D eigenvalue weighted by Gasteiger charge is 2.20. The van der Waals surface area contributed by atoms with Gasteiger partial charge in [0.05, 0.1) is 17.9 Å². The maximum Gasteiger partial charge on any atom is 0.222 e. The summed E-state index contributed by atoms with van der Waals surface area (Å²) in [6.45, 7) is 5.23. The number of hydrogen-bond donors (Lipinski definition) is 2. The van der Waals surface area contributed by atoms with Crippen LogP contribution >= 0.6 is 0 Å². The van der Waals surface area contributed by atoms with Crippen molar-refractivity contribution in [1.82, 2.24) is 9.97 Å². The molecule has 4 N–H and O–H groups in total. The van der Waals surface area contributed by atoms with E-state index in [0.29, 0.717) is 12.4 Å². The molecule has 134 valence electrons. The molecule has 0 saturated heterocycles. The molecule has 1 aliphatic heterocycles. The number of ether oxygens (including phenoxy) is 2. The van der Waals surface area contributed by atoms with Crippen LogP contribution < -0.4 is 21.1 Å². The summed E-state index contributed by atoms with van der Waals surface area (Å²) in [5.74, 6) is 1.51. The molecule has 0 aliphatic carbocycles. The van der Waals surface area contributed by atoms with Gasteiger partial charge in [0.1, 0.15) is 18.2 Å². The van der Waals surface area contributed by atoms with E-state index in [4.69, 9.17) is 20.9 Å². The first-order valence-electron chi connectivity index (χ1n) is 8.57. The van der Waals surface area contributed by atoms with Crippen LogP contribution in [0.4, 0.5) is 17.5 Å². The van der Waals surface area contributed by atoms with Crippen LogP contribution in [0.2, 0.25) is 0 Å². The molecule has 0 amide bonds. The number of anilines is 3. The average molecular weight is 343 g/mol. The lowest BCUT2D eigenvalue weighted by Crippen LogP contribution is -2.34. The van der Waals surface area contributed by atoms with E-state index in [1.54, 1.807) is 7.11 Å². The van der Waals surface area contributed by atoms with E-state index in [1.165, 1.54) is 0 Å². The lowest BCUT2D eigenvalue weighted by atomic mass is 10.0. The second-order valence-electron chi connectivity index (χ2n) is 6.01. The van der Waals surface area contributed by atoms with E-state index in [2.05, 4.69) is 20.9 Å². The number of benzene rings is 1. The van der Waals surface area contributed by atoms with Crippen LogP contribution in [-0.4, -0.2) is 43.4 Å². The van der Waals surface area contributed by atoms with Gasteiger partial charge in [0, 0.05) is 25.8 Å². The lowest BCUT2D eigenvalue weighted by Gasteiger charge is -2.31. The molecule has 0 bridgehead atoms. The van der Waals surface area contributed by atoms with Crippen molar-refractivity contribution in [3.05, 3.63) is 23.9 Å². The van der Waals surface area contributed by atoms with Crippen LogP contribution in [0.25, 0.3) is 11.1 Å². The zero-order chi connectivity index (χ0) is 17.8. The van der Waals surface area contributed by atoms with Crippen molar-refractivity contribution in [1.29, 1.82) is 0 Å². The summed E-state index contributed by atoms with van der Waals surface area (Å²) in [5.41, 5.74) is 15.6. The van der Waals surface area contributed by atoms with Gasteiger partial charge >= 0.3 is 0 Å². The number of nitrogens with two attached hydrogens (primary N) is 2. The Morgan fingerprint density at radius 3 is 2.88 bits per heavy atom. The summed E-state index contributed by atoms with van der Waals surface area (Å²) in [5, 5.41) is 0. The molecule has 0 atom stereocenters. The molecular formula is C18H25N5O2. The average Bonchev–Trinajstić information content (AvgIpc) is 2.61. The third-order valence-corrected chi connectivity index (χ3v) is 4.35. The molecule has 1 aromatic carbocycles. The highest BCUT2D eigenvalue weighted by Crippen LogP contribution is 2.38. The number of aryl methyl sites for hydroxylation is 1. The topological polar surface area (TPSA) is 99.5 Å². The van der Waals surface area contributed by atoms with Gasteiger partial charge in [-0.15, -0.1) is 0 Å². The van der Waals surface area contributed by atoms with Gasteiger partial charge in [-0.05, 0) is 30.5 Å². The van der Waals surface area contributed by atoms with Crippen molar-refractivity contribution in [2.45, 2.75) is 19.8 Å². The van der Waals surface area contributed by atoms with Crippen LogP contribution in [0, 0.1) is 0 Å². The maximum absolute atomic E-state index is 6.15. The minimum Gasteiger partial charge on any atom is -0.490 e. The molecule has 2 aromatic rings. The highest BCUT2D eigenvalue weighted by atomic mass is 16.5. The zero-order valence-corrected chi connectivity index (χ0v) is 14.8. The largest absolute Gasteiger partial charge is 0.490 e. The second-order valence-corrected chi connectivity index (χ2v) is 6.01. The van der Waals surface area contributed by atoms with Crippen molar-refractivity contribution in [2.24, 2.45) is 0 Å². The summed E-state index contributed by atoms with van der Waals surface area (Å²) in [4.78, 5) is 10.8. The van der Waals surface area contributed by atoms with E-state index in [1.807, 2.05) is 19.1 Å². The van der Waals surface area contributed by atoms with Crippen molar-refractivity contribution < 1.29 is 9.47 Å². The van der Waals surface area contributed by atoms with Crippen LogP contribution in [0.5, 0.6) is 5.75 Å². The number of nitrogen functional groups attached to an aromatic ring is 2. The molecule has 0 fully saturated rings. The van der Waals surface area contributed by atoms with E-state index in [9.17, 15) is 0 Å². The van der Waals surface area contributed by atoms with Gasteiger partial charge in [0.2, 0.25) is 5.95 Å². The normalized spacial score (nSPS) is 13.4. The summed E-state index contributed by atoms with van der Waals surface area (Å²) in [7, 11) is 1.72. The van der Waals surface area contributed by atoms with Crippen molar-refractivity contribution in [3.63, 3.8) is 0 Å². The zero-order valence-electron chi connectivity index (χ0n) is 14.8. The monoisotopic (exact) mass is 343 g/mol. The van der Waals surface area contributed by atoms with Crippen molar-refractivity contribution in [3.8, 4) is 16.9 Å². The van der Waals surface area contributed by atoms with Crippen molar-refractivity contribution in [2.75, 3.05) is 49.8 Å². The highest BCUT2D eigenvalue weighted by molar-refractivity contribution is 5.81. The number of hydrogen-bond acceptors (Lipinski definition) is 7. The Kier molecular flexibility index (Phi) is 5.23. The van der Waals surface area contributed by atoms with Crippen LogP contribution in [0.15, 0.2) is 18.2 Å². The summed E-state index contributed by atoms with van der Waals surface area (Å²) < 4.78 is 11.0. The molecule has 0 saturated carbocycles. The van der Waals surface area contributed by atoms with Gasteiger partial charge in [-0.1, -0.05) is 13.0 Å². The van der Waals surface area contributed by atoms with Crippen LogP contribution in [0.3, 0.4) is 0 Å². The molecule has 0 unspecified atom stereocenters. The molecule has 7 nitrogen and oxygen atoms in total. The first-order valence-corrected chi connectivity index (χ1v) is 8.57. The van der Waals surface area contributed by atoms with Gasteiger partial charge in [-0.2, -0.15) is 4.98 Å². The Bertz CT molecular complexity index is 750. The van der Waals surface area contributed by atoms with Crippen LogP contribution in [-0.2, 0) is 11.2 Å². The maximum atomic E-state index is 6.15. The van der Waals surface area contributed by atoms with E-state index in [-0.39, 0.29) is 5.95 Å². The molecule has 7 heteroatoms. The Morgan fingerprint density at radius 1 is 1.28 bits per heavy atom. The molecule has 25 heavy (non-hydrogen) atoms. The predicted octanol–water partition coefficient (Wildman–Crippen LogP) is 2.11. The quantitative estimate of drug-likeness (QED) is 0.775. The summed E-state index contributed by atoms with van der Waals surface area (Å²) in [6, 6.07) is 6.09. The predicted molar refractivity (Wildman–Crippen MR) is 99.9 cm³/mol. The van der Waals surface area contributed by atoms with E-state index < -0.39 is 0 Å². The molecule has 3 rings (SSSR count). The fourth-order valence-electron chi connectivity index (χ4n) is 3.18. The third kappa shape index (κ3) is 3.61. The Hall–Kier alpha value is -2.54. The molecule has 1 aromatic heterocycles. The third-order valence-electron chi connectivity index (χ3n) is 4.35. The van der Waals surface area contributed by atoms with Gasteiger partial charge in [0.25, 0.3) is 0 Å². The SMILES string of the molecule is CCc1nc(N)nc(N)c1-c1ccc2c(c1)N(CCCOC)CCO2. The molecular weight excluding hydrogens is 318 g/mol. The molecule has 0 radical (unpaired) electrons. The number of rotatable bonds is 6. The van der Waals surface area contributed by atoms with Crippen molar-refractivity contribution >= 4 is 17.5 Å². The first-order chi connectivity index (χ1) is 12.1. The Morgan fingerprint density at radius 2 is 2.12 bits per heavy atom. The first kappa shape index (κ1) is 17.3. The fraction of sp³-hybridized carbons (Fsp3) is 0.444.